The summed E-state index contributed by atoms with van der Waals surface area (Å²) in [4.78, 5) is 0. The molecule has 102 valence electrons. The highest BCUT2D eigenvalue weighted by atomic mass is 35.5. The quantitative estimate of drug-likeness (QED) is 0.717. The number of nitrogens with zero attached hydrogens (tertiary/aromatic N) is 1. The number of hydrogen-bond donors (Lipinski definition) is 1. The normalized spacial score (nSPS) is 11.9. The van der Waals surface area contributed by atoms with E-state index in [1.54, 1.807) is 13.0 Å². The molecular formula is C11H7Cl2F3N2S. The van der Waals surface area contributed by atoms with Crippen molar-refractivity contribution >= 4 is 35.4 Å². The summed E-state index contributed by atoms with van der Waals surface area (Å²) in [6.07, 6.45) is -4.50. The average molecular weight is 327 g/mol. The second-order valence-electron chi connectivity index (χ2n) is 3.88. The molecule has 1 aromatic carbocycles. The summed E-state index contributed by atoms with van der Waals surface area (Å²) in [5.74, 6) is 0. The van der Waals surface area contributed by atoms with Gasteiger partial charge in [0.1, 0.15) is 4.64 Å². The molecule has 0 unspecified atom stereocenters. The minimum atomic E-state index is -4.50. The Bertz CT molecular complexity index is 665. The van der Waals surface area contributed by atoms with Crippen molar-refractivity contribution in [2.45, 2.75) is 13.1 Å². The minimum absolute atomic E-state index is 0.107. The maximum atomic E-state index is 12.6. The molecule has 0 amide bonds. The molecule has 0 radical (unpaired) electrons. The number of rotatable bonds is 1. The van der Waals surface area contributed by atoms with Gasteiger partial charge >= 0.3 is 6.18 Å². The van der Waals surface area contributed by atoms with Crippen LogP contribution in [-0.4, -0.2) is 9.78 Å². The van der Waals surface area contributed by atoms with Crippen LogP contribution in [0.4, 0.5) is 13.2 Å². The van der Waals surface area contributed by atoms with Crippen molar-refractivity contribution in [3.63, 3.8) is 0 Å². The van der Waals surface area contributed by atoms with Crippen molar-refractivity contribution in [2.24, 2.45) is 0 Å². The van der Waals surface area contributed by atoms with Gasteiger partial charge in [-0.1, -0.05) is 35.4 Å². The summed E-state index contributed by atoms with van der Waals surface area (Å²) >= 11 is 16.7. The highest BCUT2D eigenvalue weighted by Gasteiger charge is 2.32. The van der Waals surface area contributed by atoms with E-state index in [9.17, 15) is 13.2 Å². The summed E-state index contributed by atoms with van der Waals surface area (Å²) in [6, 6.07) is 3.32. The molecule has 0 aliphatic carbocycles. The Hall–Kier alpha value is -0.980. The van der Waals surface area contributed by atoms with Crippen LogP contribution in [0.2, 0.25) is 10.0 Å². The van der Waals surface area contributed by atoms with Gasteiger partial charge in [0.05, 0.1) is 21.3 Å². The molecule has 2 aromatic rings. The maximum Gasteiger partial charge on any atom is 0.416 e. The van der Waals surface area contributed by atoms with E-state index in [4.69, 9.17) is 35.4 Å². The summed E-state index contributed by atoms with van der Waals surface area (Å²) in [6.45, 7) is 1.73. The number of aromatic amines is 1. The SMILES string of the molecule is Cc1cc(=S)[nH]n1-c1c(Cl)cc(C(F)(F)F)cc1Cl. The number of aromatic nitrogens is 2. The van der Waals surface area contributed by atoms with Crippen LogP contribution in [0.15, 0.2) is 18.2 Å². The Morgan fingerprint density at radius 3 is 2.05 bits per heavy atom. The standard InChI is InChI=1S/C11H7Cl2F3N2S/c1-5-2-9(19)17-18(5)10-7(12)3-6(4-8(10)13)11(14,15)16/h2-4H,1H3,(H,17,19). The predicted octanol–water partition coefficient (Wildman–Crippen LogP) is 5.17. The molecule has 0 spiro atoms. The molecule has 0 saturated heterocycles. The van der Waals surface area contributed by atoms with Crippen LogP contribution >= 0.6 is 35.4 Å². The molecule has 1 heterocycles. The first kappa shape index (κ1) is 14.4. The molecule has 2 rings (SSSR count). The minimum Gasteiger partial charge on any atom is -0.283 e. The predicted molar refractivity (Wildman–Crippen MR) is 70.7 cm³/mol. The molecule has 0 aliphatic rings. The van der Waals surface area contributed by atoms with Gasteiger partial charge in [0.25, 0.3) is 0 Å². The number of H-pyrrole nitrogens is 1. The van der Waals surface area contributed by atoms with Crippen LogP contribution < -0.4 is 0 Å². The first-order valence-corrected chi connectivity index (χ1v) is 6.22. The van der Waals surface area contributed by atoms with E-state index >= 15 is 0 Å². The molecule has 1 N–H and O–H groups in total. The van der Waals surface area contributed by atoms with Crippen molar-refractivity contribution in [3.8, 4) is 5.69 Å². The van der Waals surface area contributed by atoms with Crippen LogP contribution in [0, 0.1) is 11.6 Å². The molecule has 2 nitrogen and oxygen atoms in total. The van der Waals surface area contributed by atoms with Gasteiger partial charge in [-0.3, -0.25) is 9.78 Å². The first-order valence-electron chi connectivity index (χ1n) is 5.05. The molecule has 0 aliphatic heterocycles. The topological polar surface area (TPSA) is 20.7 Å². The Morgan fingerprint density at radius 1 is 1.16 bits per heavy atom. The Kier molecular flexibility index (Phi) is 3.68. The van der Waals surface area contributed by atoms with Crippen LogP contribution in [0.5, 0.6) is 0 Å². The zero-order valence-corrected chi connectivity index (χ0v) is 11.8. The van der Waals surface area contributed by atoms with Crippen LogP contribution in [0.25, 0.3) is 5.69 Å². The Morgan fingerprint density at radius 2 is 1.68 bits per heavy atom. The van der Waals surface area contributed by atoms with Crippen molar-refractivity contribution in [1.82, 2.24) is 9.78 Å². The number of benzene rings is 1. The monoisotopic (exact) mass is 326 g/mol. The van der Waals surface area contributed by atoms with Gasteiger partial charge in [0, 0.05) is 5.69 Å². The second-order valence-corrected chi connectivity index (χ2v) is 5.14. The summed E-state index contributed by atoms with van der Waals surface area (Å²) < 4.78 is 39.7. The summed E-state index contributed by atoms with van der Waals surface area (Å²) in [5, 5.41) is 2.57. The second kappa shape index (κ2) is 4.85. The molecule has 0 bridgehead atoms. The summed E-state index contributed by atoms with van der Waals surface area (Å²) in [7, 11) is 0. The van der Waals surface area contributed by atoms with E-state index in [1.165, 1.54) is 4.68 Å². The van der Waals surface area contributed by atoms with Gasteiger partial charge in [-0.25, -0.2) is 0 Å². The van der Waals surface area contributed by atoms with E-state index in [0.717, 1.165) is 12.1 Å². The third kappa shape index (κ3) is 2.80. The van der Waals surface area contributed by atoms with Crippen LogP contribution in [0.1, 0.15) is 11.3 Å². The van der Waals surface area contributed by atoms with Crippen LogP contribution in [-0.2, 0) is 6.18 Å². The van der Waals surface area contributed by atoms with Gasteiger partial charge < -0.3 is 0 Å². The molecule has 0 fully saturated rings. The third-order valence-corrected chi connectivity index (χ3v) is 3.27. The van der Waals surface area contributed by atoms with Gasteiger partial charge in [-0.2, -0.15) is 13.2 Å². The van der Waals surface area contributed by atoms with Crippen molar-refractivity contribution < 1.29 is 13.2 Å². The van der Waals surface area contributed by atoms with Gasteiger partial charge in [-0.15, -0.1) is 0 Å². The highest BCUT2D eigenvalue weighted by molar-refractivity contribution is 7.71. The van der Waals surface area contributed by atoms with Gasteiger partial charge in [-0.05, 0) is 25.1 Å². The summed E-state index contributed by atoms with van der Waals surface area (Å²) in [5.41, 5.74) is 0.0353. The van der Waals surface area contributed by atoms with Crippen molar-refractivity contribution in [3.05, 3.63) is 44.1 Å². The molecular weight excluding hydrogens is 320 g/mol. The highest BCUT2D eigenvalue weighted by Crippen LogP contribution is 2.37. The van der Waals surface area contributed by atoms with E-state index in [-0.39, 0.29) is 15.7 Å². The fourth-order valence-electron chi connectivity index (χ4n) is 1.66. The first-order chi connectivity index (χ1) is 8.70. The number of hydrogen-bond acceptors (Lipinski definition) is 1. The van der Waals surface area contributed by atoms with E-state index in [1.807, 2.05) is 0 Å². The lowest BCUT2D eigenvalue weighted by Crippen LogP contribution is -2.07. The molecule has 0 saturated carbocycles. The Labute approximate surface area is 121 Å². The Balaban J connectivity index is 2.67. The number of halogens is 5. The third-order valence-electron chi connectivity index (χ3n) is 2.48. The number of alkyl halides is 3. The van der Waals surface area contributed by atoms with Crippen molar-refractivity contribution in [2.75, 3.05) is 0 Å². The molecule has 0 atom stereocenters. The zero-order chi connectivity index (χ0) is 14.4. The maximum absolute atomic E-state index is 12.6. The largest absolute Gasteiger partial charge is 0.416 e. The lowest BCUT2D eigenvalue weighted by atomic mass is 10.2. The van der Waals surface area contributed by atoms with E-state index < -0.39 is 11.7 Å². The fourth-order valence-corrected chi connectivity index (χ4v) is 2.58. The van der Waals surface area contributed by atoms with Gasteiger partial charge in [0.2, 0.25) is 0 Å². The van der Waals surface area contributed by atoms with Crippen molar-refractivity contribution in [1.29, 1.82) is 0 Å². The molecule has 1 aromatic heterocycles. The molecule has 8 heteroatoms. The van der Waals surface area contributed by atoms with Crippen LogP contribution in [0.3, 0.4) is 0 Å². The number of aryl methyl sites for hydroxylation is 1. The van der Waals surface area contributed by atoms with Gasteiger partial charge in [0.15, 0.2) is 0 Å². The zero-order valence-electron chi connectivity index (χ0n) is 9.48. The van der Waals surface area contributed by atoms with E-state index in [0.29, 0.717) is 10.3 Å². The van der Waals surface area contributed by atoms with E-state index in [2.05, 4.69) is 5.10 Å². The fraction of sp³-hybridized carbons (Fsp3) is 0.182. The average Bonchev–Trinajstić information content (AvgIpc) is 2.55. The smallest absolute Gasteiger partial charge is 0.283 e. The lowest BCUT2D eigenvalue weighted by Gasteiger charge is -2.14. The lowest BCUT2D eigenvalue weighted by molar-refractivity contribution is -0.137. The number of nitrogens with one attached hydrogen (secondary N) is 1. The molecule has 19 heavy (non-hydrogen) atoms.